The molecule has 0 aliphatic carbocycles. The van der Waals surface area contributed by atoms with Gasteiger partial charge in [0.15, 0.2) is 0 Å². The first-order valence-corrected chi connectivity index (χ1v) is 7.98. The molecule has 0 amide bonds. The standard InChI is InChI=1S/C14H12Cl2O5P/c15-11-3-1-5-13(7-11)18-9-20-22(17)21-10-19-14-6-2-4-12(16)8-14/h1-8H,9-10H2/q+1. The molecular formula is C14H12Cl2O5P+. The normalized spacial score (nSPS) is 10.3. The van der Waals surface area contributed by atoms with E-state index in [1.165, 1.54) is 0 Å². The van der Waals surface area contributed by atoms with Gasteiger partial charge in [-0.3, -0.25) is 0 Å². The SMILES string of the molecule is O=[P+](OCOc1cccc(Cl)c1)OCOc1cccc(Cl)c1. The molecular weight excluding hydrogens is 350 g/mol. The highest BCUT2D eigenvalue weighted by molar-refractivity contribution is 7.33. The van der Waals surface area contributed by atoms with Crippen molar-refractivity contribution in [3.05, 3.63) is 58.6 Å². The van der Waals surface area contributed by atoms with E-state index >= 15 is 0 Å². The van der Waals surface area contributed by atoms with Crippen LogP contribution >= 0.6 is 31.5 Å². The highest BCUT2D eigenvalue weighted by Gasteiger charge is 2.21. The van der Waals surface area contributed by atoms with Crippen molar-refractivity contribution < 1.29 is 23.1 Å². The first-order valence-electron chi connectivity index (χ1n) is 6.13. The smallest absolute Gasteiger partial charge is 0.463 e. The molecule has 0 saturated carbocycles. The molecule has 0 spiro atoms. The van der Waals surface area contributed by atoms with E-state index in [0.29, 0.717) is 21.5 Å². The van der Waals surface area contributed by atoms with Gasteiger partial charge in [0.25, 0.3) is 0 Å². The summed E-state index contributed by atoms with van der Waals surface area (Å²) in [6.07, 6.45) is 0. The zero-order valence-corrected chi connectivity index (χ0v) is 13.7. The number of hydrogen-bond donors (Lipinski definition) is 0. The number of hydrogen-bond acceptors (Lipinski definition) is 5. The summed E-state index contributed by atoms with van der Waals surface area (Å²) in [7, 11) is -2.35. The first kappa shape index (κ1) is 17.0. The van der Waals surface area contributed by atoms with Crippen molar-refractivity contribution >= 4 is 31.5 Å². The van der Waals surface area contributed by atoms with E-state index in [0.717, 1.165) is 0 Å². The Balaban J connectivity index is 1.64. The van der Waals surface area contributed by atoms with Crippen LogP contribution in [0.3, 0.4) is 0 Å². The molecule has 2 aromatic carbocycles. The van der Waals surface area contributed by atoms with Crippen molar-refractivity contribution in [2.75, 3.05) is 13.6 Å². The highest BCUT2D eigenvalue weighted by Crippen LogP contribution is 2.25. The summed E-state index contributed by atoms with van der Waals surface area (Å²) in [4.78, 5) is 0. The van der Waals surface area contributed by atoms with Gasteiger partial charge in [-0.1, -0.05) is 44.4 Å². The van der Waals surface area contributed by atoms with Crippen LogP contribution in [-0.4, -0.2) is 13.6 Å². The molecule has 22 heavy (non-hydrogen) atoms. The monoisotopic (exact) mass is 361 g/mol. The minimum absolute atomic E-state index is 0.229. The third-order valence-electron chi connectivity index (χ3n) is 2.36. The summed E-state index contributed by atoms with van der Waals surface area (Å²) >= 11 is 11.6. The van der Waals surface area contributed by atoms with E-state index in [2.05, 4.69) is 0 Å². The Hall–Kier alpha value is -1.36. The fourth-order valence-electron chi connectivity index (χ4n) is 1.43. The van der Waals surface area contributed by atoms with Gasteiger partial charge in [0, 0.05) is 14.6 Å². The van der Waals surface area contributed by atoms with Crippen LogP contribution in [-0.2, 0) is 13.6 Å². The van der Waals surface area contributed by atoms with E-state index in [1.807, 2.05) is 0 Å². The molecule has 0 aromatic heterocycles. The molecule has 0 N–H and O–H groups in total. The number of benzene rings is 2. The average molecular weight is 362 g/mol. The van der Waals surface area contributed by atoms with Gasteiger partial charge in [0.05, 0.1) is 0 Å². The third-order valence-corrected chi connectivity index (χ3v) is 3.46. The van der Waals surface area contributed by atoms with Crippen molar-refractivity contribution in [1.29, 1.82) is 0 Å². The predicted octanol–water partition coefficient (Wildman–Crippen LogP) is 5.06. The Labute approximate surface area is 138 Å². The molecule has 116 valence electrons. The molecule has 0 radical (unpaired) electrons. The Morgan fingerprint density at radius 2 is 1.27 bits per heavy atom. The predicted molar refractivity (Wildman–Crippen MR) is 83.7 cm³/mol. The number of halogens is 2. The summed E-state index contributed by atoms with van der Waals surface area (Å²) in [5.41, 5.74) is 0. The van der Waals surface area contributed by atoms with E-state index in [1.54, 1.807) is 48.5 Å². The fraction of sp³-hybridized carbons (Fsp3) is 0.143. The largest absolute Gasteiger partial charge is 0.704 e. The van der Waals surface area contributed by atoms with Gasteiger partial charge in [-0.15, -0.1) is 0 Å². The molecule has 0 heterocycles. The van der Waals surface area contributed by atoms with Gasteiger partial charge in [-0.2, -0.15) is 0 Å². The summed E-state index contributed by atoms with van der Waals surface area (Å²) < 4.78 is 31.6. The van der Waals surface area contributed by atoms with E-state index in [4.69, 9.17) is 41.7 Å². The average Bonchev–Trinajstić information content (AvgIpc) is 2.47. The number of ether oxygens (including phenoxy) is 2. The molecule has 0 bridgehead atoms. The Morgan fingerprint density at radius 1 is 0.818 bits per heavy atom. The van der Waals surface area contributed by atoms with Crippen molar-refractivity contribution in [2.24, 2.45) is 0 Å². The summed E-state index contributed by atoms with van der Waals surface area (Å²) in [5, 5.41) is 1.07. The molecule has 2 aromatic rings. The maximum atomic E-state index is 11.4. The molecule has 0 unspecified atom stereocenters. The van der Waals surface area contributed by atoms with E-state index in [-0.39, 0.29) is 13.6 Å². The lowest BCUT2D eigenvalue weighted by atomic mass is 10.3. The van der Waals surface area contributed by atoms with Gasteiger partial charge in [0.2, 0.25) is 13.6 Å². The van der Waals surface area contributed by atoms with Crippen LogP contribution in [0.15, 0.2) is 48.5 Å². The molecule has 5 nitrogen and oxygen atoms in total. The van der Waals surface area contributed by atoms with Gasteiger partial charge in [-0.25, -0.2) is 0 Å². The van der Waals surface area contributed by atoms with Crippen LogP contribution in [0, 0.1) is 0 Å². The van der Waals surface area contributed by atoms with Gasteiger partial charge in [0.1, 0.15) is 11.5 Å². The second-order valence-corrected chi connectivity index (χ2v) is 5.76. The quantitative estimate of drug-likeness (QED) is 0.486. The minimum atomic E-state index is -2.35. The van der Waals surface area contributed by atoms with Crippen LogP contribution < -0.4 is 9.47 Å². The topological polar surface area (TPSA) is 54.0 Å². The van der Waals surface area contributed by atoms with Gasteiger partial charge < -0.3 is 9.47 Å². The van der Waals surface area contributed by atoms with Crippen LogP contribution in [0.4, 0.5) is 0 Å². The second-order valence-electron chi connectivity index (χ2n) is 3.92. The van der Waals surface area contributed by atoms with E-state index < -0.39 is 8.25 Å². The Kier molecular flexibility index (Phi) is 6.90. The van der Waals surface area contributed by atoms with Crippen LogP contribution in [0.1, 0.15) is 0 Å². The lowest BCUT2D eigenvalue weighted by molar-refractivity contribution is 0.0697. The zero-order chi connectivity index (χ0) is 15.8. The summed E-state index contributed by atoms with van der Waals surface area (Å²) in [5.74, 6) is 1.01. The lowest BCUT2D eigenvalue weighted by Gasteiger charge is -2.02. The van der Waals surface area contributed by atoms with Crippen LogP contribution in [0.25, 0.3) is 0 Å². The maximum Gasteiger partial charge on any atom is 0.704 e. The van der Waals surface area contributed by atoms with Crippen molar-refractivity contribution in [3.63, 3.8) is 0 Å². The van der Waals surface area contributed by atoms with Crippen molar-refractivity contribution in [1.82, 2.24) is 0 Å². The summed E-state index contributed by atoms with van der Waals surface area (Å²) in [6, 6.07) is 13.5. The molecule has 0 atom stereocenters. The fourth-order valence-corrected chi connectivity index (χ4v) is 2.14. The molecule has 0 fully saturated rings. The highest BCUT2D eigenvalue weighted by atomic mass is 35.5. The third kappa shape index (κ3) is 6.18. The second kappa shape index (κ2) is 8.93. The minimum Gasteiger partial charge on any atom is -0.463 e. The van der Waals surface area contributed by atoms with Crippen molar-refractivity contribution in [2.45, 2.75) is 0 Å². The van der Waals surface area contributed by atoms with Gasteiger partial charge >= 0.3 is 8.25 Å². The van der Waals surface area contributed by atoms with Gasteiger partial charge in [-0.05, 0) is 36.4 Å². The zero-order valence-electron chi connectivity index (χ0n) is 11.3. The van der Waals surface area contributed by atoms with Crippen LogP contribution in [0.5, 0.6) is 11.5 Å². The van der Waals surface area contributed by atoms with E-state index in [9.17, 15) is 4.57 Å². The Morgan fingerprint density at radius 3 is 1.68 bits per heavy atom. The maximum absolute atomic E-state index is 11.4. The molecule has 0 saturated heterocycles. The molecule has 8 heteroatoms. The molecule has 0 aliphatic rings. The lowest BCUT2D eigenvalue weighted by Crippen LogP contribution is -2.02. The summed E-state index contributed by atoms with van der Waals surface area (Å²) in [6.45, 7) is -0.459. The first-order chi connectivity index (χ1) is 10.6. The van der Waals surface area contributed by atoms with Crippen molar-refractivity contribution in [3.8, 4) is 11.5 Å². The Bertz CT molecular complexity index is 585. The molecule has 0 aliphatic heterocycles. The number of rotatable bonds is 8. The van der Waals surface area contributed by atoms with Crippen LogP contribution in [0.2, 0.25) is 10.0 Å². The molecule has 2 rings (SSSR count).